The SMILES string of the molecule is Cl.N[C@H]1CCN(Cc2csc(Cl)c2Cl)C1. The minimum Gasteiger partial charge on any atom is -0.326 e. The molecule has 0 spiro atoms. The van der Waals surface area contributed by atoms with E-state index in [1.165, 1.54) is 11.3 Å². The summed E-state index contributed by atoms with van der Waals surface area (Å²) in [6, 6.07) is 0.322. The average Bonchev–Trinajstić information content (AvgIpc) is 2.67. The molecule has 0 amide bonds. The van der Waals surface area contributed by atoms with Crippen LogP contribution < -0.4 is 5.73 Å². The minimum atomic E-state index is 0. The van der Waals surface area contributed by atoms with Gasteiger partial charge in [-0.05, 0) is 17.4 Å². The molecular weight excluding hydrogens is 275 g/mol. The van der Waals surface area contributed by atoms with Gasteiger partial charge in [-0.15, -0.1) is 23.7 Å². The van der Waals surface area contributed by atoms with Crippen LogP contribution in [0.2, 0.25) is 9.36 Å². The Hall–Kier alpha value is 0.490. The Bertz CT molecular complexity index is 329. The second kappa shape index (κ2) is 5.71. The van der Waals surface area contributed by atoms with Gasteiger partial charge in [0.1, 0.15) is 4.34 Å². The van der Waals surface area contributed by atoms with E-state index >= 15 is 0 Å². The van der Waals surface area contributed by atoms with E-state index in [1.807, 2.05) is 5.38 Å². The molecule has 2 nitrogen and oxygen atoms in total. The molecule has 0 bridgehead atoms. The lowest BCUT2D eigenvalue weighted by Gasteiger charge is -2.14. The fourth-order valence-electron chi connectivity index (χ4n) is 1.71. The Morgan fingerprint density at radius 3 is 2.73 bits per heavy atom. The van der Waals surface area contributed by atoms with Crippen molar-refractivity contribution in [3.8, 4) is 0 Å². The Morgan fingerprint density at radius 2 is 2.27 bits per heavy atom. The topological polar surface area (TPSA) is 29.3 Å². The van der Waals surface area contributed by atoms with E-state index in [9.17, 15) is 0 Å². The lowest BCUT2D eigenvalue weighted by atomic mass is 10.3. The predicted octanol–water partition coefficient (Wildman–Crippen LogP) is 3.01. The largest absolute Gasteiger partial charge is 0.326 e. The summed E-state index contributed by atoms with van der Waals surface area (Å²) < 4.78 is 0.685. The van der Waals surface area contributed by atoms with Gasteiger partial charge in [0.2, 0.25) is 0 Å². The van der Waals surface area contributed by atoms with Crippen molar-refractivity contribution in [2.45, 2.75) is 19.0 Å². The summed E-state index contributed by atoms with van der Waals surface area (Å²) in [5.74, 6) is 0. The molecule has 1 aliphatic rings. The summed E-state index contributed by atoms with van der Waals surface area (Å²) in [6.45, 7) is 2.89. The number of likely N-dealkylation sites (tertiary alicyclic amines) is 1. The second-order valence-corrected chi connectivity index (χ2v) is 5.49. The smallest absolute Gasteiger partial charge is 0.112 e. The molecule has 0 unspecified atom stereocenters. The fourth-order valence-corrected chi connectivity index (χ4v) is 2.95. The van der Waals surface area contributed by atoms with Crippen molar-refractivity contribution in [2.75, 3.05) is 13.1 Å². The zero-order valence-electron chi connectivity index (χ0n) is 8.08. The molecule has 0 saturated carbocycles. The molecule has 1 aromatic heterocycles. The normalized spacial score (nSPS) is 21.7. The summed E-state index contributed by atoms with van der Waals surface area (Å²) in [7, 11) is 0. The third-order valence-electron chi connectivity index (χ3n) is 2.46. The summed E-state index contributed by atoms with van der Waals surface area (Å²) in [4.78, 5) is 2.31. The molecule has 86 valence electrons. The summed E-state index contributed by atoms with van der Waals surface area (Å²) in [5.41, 5.74) is 6.95. The number of nitrogens with zero attached hydrogens (tertiary/aromatic N) is 1. The molecule has 6 heteroatoms. The molecule has 2 N–H and O–H groups in total. The molecule has 2 rings (SSSR count). The van der Waals surface area contributed by atoms with Crippen LogP contribution in [0.3, 0.4) is 0 Å². The molecule has 1 aliphatic heterocycles. The van der Waals surface area contributed by atoms with Crippen molar-refractivity contribution in [3.05, 3.63) is 20.3 Å². The molecule has 1 atom stereocenters. The van der Waals surface area contributed by atoms with Gasteiger partial charge < -0.3 is 5.73 Å². The number of hydrogen-bond acceptors (Lipinski definition) is 3. The molecule has 0 aromatic carbocycles. The van der Waals surface area contributed by atoms with E-state index in [2.05, 4.69) is 4.90 Å². The molecule has 0 radical (unpaired) electrons. The van der Waals surface area contributed by atoms with Gasteiger partial charge >= 0.3 is 0 Å². The number of thiophene rings is 1. The third-order valence-corrected chi connectivity index (χ3v) is 4.37. The monoisotopic (exact) mass is 286 g/mol. The van der Waals surface area contributed by atoms with E-state index in [4.69, 9.17) is 28.9 Å². The van der Waals surface area contributed by atoms with Gasteiger partial charge in [-0.25, -0.2) is 0 Å². The summed E-state index contributed by atoms with van der Waals surface area (Å²) in [6.07, 6.45) is 1.08. The Kier molecular flexibility index (Phi) is 5.16. The lowest BCUT2D eigenvalue weighted by Crippen LogP contribution is -2.26. The number of rotatable bonds is 2. The van der Waals surface area contributed by atoms with Crippen LogP contribution in [0.1, 0.15) is 12.0 Å². The number of nitrogens with two attached hydrogens (primary N) is 1. The molecular formula is C9H13Cl3N2S. The highest BCUT2D eigenvalue weighted by Gasteiger charge is 2.20. The lowest BCUT2D eigenvalue weighted by molar-refractivity contribution is 0.327. The van der Waals surface area contributed by atoms with E-state index in [1.54, 1.807) is 0 Å². The van der Waals surface area contributed by atoms with Crippen LogP contribution in [0.15, 0.2) is 5.38 Å². The van der Waals surface area contributed by atoms with Crippen molar-refractivity contribution in [2.24, 2.45) is 5.73 Å². The molecule has 0 aliphatic carbocycles. The highest BCUT2D eigenvalue weighted by atomic mass is 35.5. The quantitative estimate of drug-likeness (QED) is 0.906. The van der Waals surface area contributed by atoms with Gasteiger partial charge in [0.15, 0.2) is 0 Å². The van der Waals surface area contributed by atoms with E-state index < -0.39 is 0 Å². The second-order valence-electron chi connectivity index (χ2n) is 3.63. The Labute approximate surface area is 110 Å². The highest BCUT2D eigenvalue weighted by Crippen LogP contribution is 2.33. The van der Waals surface area contributed by atoms with Gasteiger partial charge in [-0.3, -0.25) is 4.90 Å². The zero-order chi connectivity index (χ0) is 10.1. The zero-order valence-corrected chi connectivity index (χ0v) is 11.2. The van der Waals surface area contributed by atoms with Crippen LogP contribution in [-0.2, 0) is 6.54 Å². The fraction of sp³-hybridized carbons (Fsp3) is 0.556. The van der Waals surface area contributed by atoms with Crippen molar-refractivity contribution < 1.29 is 0 Å². The summed E-state index contributed by atoms with van der Waals surface area (Å²) in [5, 5.41) is 2.73. The van der Waals surface area contributed by atoms with Gasteiger partial charge in [-0.1, -0.05) is 23.2 Å². The van der Waals surface area contributed by atoms with Crippen LogP contribution in [0, 0.1) is 0 Å². The van der Waals surface area contributed by atoms with Crippen LogP contribution in [0.5, 0.6) is 0 Å². The molecule has 1 saturated heterocycles. The first kappa shape index (κ1) is 13.6. The Balaban J connectivity index is 0.00000112. The summed E-state index contributed by atoms with van der Waals surface area (Å²) >= 11 is 13.4. The molecule has 1 aromatic rings. The third kappa shape index (κ3) is 3.22. The molecule has 2 heterocycles. The van der Waals surface area contributed by atoms with Crippen molar-refractivity contribution in [3.63, 3.8) is 0 Å². The molecule has 15 heavy (non-hydrogen) atoms. The van der Waals surface area contributed by atoms with E-state index in [0.29, 0.717) is 15.4 Å². The first-order chi connectivity index (χ1) is 6.66. The first-order valence-electron chi connectivity index (χ1n) is 4.56. The van der Waals surface area contributed by atoms with Crippen molar-refractivity contribution >= 4 is 46.9 Å². The maximum Gasteiger partial charge on any atom is 0.112 e. The number of hydrogen-bond donors (Lipinski definition) is 1. The van der Waals surface area contributed by atoms with Gasteiger partial charge in [0.25, 0.3) is 0 Å². The maximum absolute atomic E-state index is 6.04. The van der Waals surface area contributed by atoms with Crippen LogP contribution in [-0.4, -0.2) is 24.0 Å². The first-order valence-corrected chi connectivity index (χ1v) is 6.19. The van der Waals surface area contributed by atoms with Gasteiger partial charge in [0.05, 0.1) is 5.02 Å². The predicted molar refractivity (Wildman–Crippen MR) is 69.5 cm³/mol. The maximum atomic E-state index is 6.04. The van der Waals surface area contributed by atoms with Crippen LogP contribution >= 0.6 is 46.9 Å². The van der Waals surface area contributed by atoms with Gasteiger partial charge in [-0.2, -0.15) is 0 Å². The highest BCUT2D eigenvalue weighted by molar-refractivity contribution is 7.15. The van der Waals surface area contributed by atoms with Crippen molar-refractivity contribution in [1.29, 1.82) is 0 Å². The Morgan fingerprint density at radius 1 is 1.53 bits per heavy atom. The van der Waals surface area contributed by atoms with Gasteiger partial charge in [0, 0.05) is 25.7 Å². The molecule has 1 fully saturated rings. The standard InChI is InChI=1S/C9H12Cl2N2S.ClH/c10-8-6(5-14-9(8)11)3-13-2-1-7(12)4-13;/h5,7H,1-4,12H2;1H/t7-;/m0./s1. The van der Waals surface area contributed by atoms with Crippen LogP contribution in [0.4, 0.5) is 0 Å². The van der Waals surface area contributed by atoms with E-state index in [0.717, 1.165) is 31.6 Å². The number of halogens is 3. The van der Waals surface area contributed by atoms with Crippen molar-refractivity contribution in [1.82, 2.24) is 4.90 Å². The minimum absolute atomic E-state index is 0. The average molecular weight is 288 g/mol. The van der Waals surface area contributed by atoms with E-state index in [-0.39, 0.29) is 12.4 Å². The van der Waals surface area contributed by atoms with Crippen LogP contribution in [0.25, 0.3) is 0 Å².